The third-order valence-electron chi connectivity index (χ3n) is 11.7. The molecular weight excluding hydrogens is 650 g/mol. The first-order chi connectivity index (χ1) is 22.6. The number of likely N-dealkylation sites (tertiary alicyclic amines) is 1. The topological polar surface area (TPSA) is 15.3 Å². The average molecular weight is 702 g/mol. The van der Waals surface area contributed by atoms with Crippen molar-refractivity contribution in [2.24, 2.45) is 23.7 Å². The van der Waals surface area contributed by atoms with E-state index in [4.69, 9.17) is 0 Å². The summed E-state index contributed by atoms with van der Waals surface area (Å²) >= 11 is 3.31. The van der Waals surface area contributed by atoms with Crippen molar-refractivity contribution in [2.45, 2.75) is 51.4 Å². The molecule has 4 aromatic carbocycles. The Kier molecular flexibility index (Phi) is 10.4. The Morgan fingerprint density at radius 3 is 1.57 bits per heavy atom. The molecule has 4 fully saturated rings. The molecule has 2 heterocycles. The lowest BCUT2D eigenvalue weighted by Crippen LogP contribution is -2.30. The molecule has 2 nitrogen and oxygen atoms in total. The summed E-state index contributed by atoms with van der Waals surface area (Å²) in [6.07, 6.45) is 1.97. The molecule has 1 N–H and O–H groups in total. The van der Waals surface area contributed by atoms with Crippen molar-refractivity contribution in [3.8, 4) is 0 Å². The predicted octanol–water partition coefficient (Wildman–Crippen LogP) is 9.31. The molecule has 4 aromatic rings. The summed E-state index contributed by atoms with van der Waals surface area (Å²) in [5, 5.41) is 4.39. The minimum absolute atomic E-state index is 0. The Morgan fingerprint density at radius 1 is 0.681 bits per heavy atom. The second kappa shape index (κ2) is 14.3. The maximum absolute atomic E-state index is 12.9. The molecule has 0 aromatic heterocycles. The average Bonchev–Trinajstić information content (AvgIpc) is 3.54. The number of benzene rings is 4. The predicted molar refractivity (Wildman–Crippen MR) is 196 cm³/mol. The number of alkyl halides is 1. The van der Waals surface area contributed by atoms with Crippen molar-refractivity contribution in [3.63, 3.8) is 0 Å². The zero-order chi connectivity index (χ0) is 33.2. The van der Waals surface area contributed by atoms with Crippen LogP contribution in [0.2, 0.25) is 0 Å². The fourth-order valence-electron chi connectivity index (χ4n) is 8.46. The number of fused-ring (bicyclic) bond motifs is 2. The van der Waals surface area contributed by atoms with E-state index in [1.807, 2.05) is 12.1 Å². The molecule has 4 atom stereocenters. The molecule has 2 aliphatic heterocycles. The van der Waals surface area contributed by atoms with Crippen LogP contribution < -0.4 is 5.32 Å². The third kappa shape index (κ3) is 7.43. The highest BCUT2D eigenvalue weighted by Gasteiger charge is 2.65. The summed E-state index contributed by atoms with van der Waals surface area (Å²) in [7, 11) is 0. The Morgan fingerprint density at radius 2 is 1.13 bits per heavy atom. The van der Waals surface area contributed by atoms with E-state index < -0.39 is 0 Å². The van der Waals surface area contributed by atoms with E-state index in [2.05, 4.69) is 102 Å². The molecule has 2 saturated carbocycles. The van der Waals surface area contributed by atoms with Crippen LogP contribution in [0.15, 0.2) is 97.1 Å². The molecule has 2 aliphatic carbocycles. The molecule has 5 heteroatoms. The standard InChI is InChI=1S/C21H24FN.C13H17N.C8H8BrF.H2/c1-15-4-3-5-17(12-15)21(2)19-13-23(14-20(19)21)11-10-16-6-8-18(22)9-7-16;1-9-4-3-5-10(6-9)13(2)11-7-14-8-12(11)13;9-6-5-7-1-3-8(10)4-2-7;/h3-9,12,19-20H,10-11,13-14H2,1-2H3;3-6,11-12,14H,7-8H2,1-2H3;1-4H,5-6H2;1H. The highest BCUT2D eigenvalue weighted by molar-refractivity contribution is 9.09. The lowest BCUT2D eigenvalue weighted by molar-refractivity contribution is 0.280. The molecule has 47 heavy (non-hydrogen) atoms. The van der Waals surface area contributed by atoms with Crippen LogP contribution in [0.1, 0.15) is 48.7 Å². The molecule has 0 amide bonds. The fourth-order valence-corrected chi connectivity index (χ4v) is 8.92. The molecule has 0 radical (unpaired) electrons. The number of nitrogens with one attached hydrogen (secondary N) is 1. The maximum Gasteiger partial charge on any atom is 0.123 e. The van der Waals surface area contributed by atoms with Gasteiger partial charge in [0.15, 0.2) is 0 Å². The summed E-state index contributed by atoms with van der Waals surface area (Å²) in [6, 6.07) is 31.6. The summed E-state index contributed by atoms with van der Waals surface area (Å²) < 4.78 is 25.3. The van der Waals surface area contributed by atoms with Crippen molar-refractivity contribution >= 4 is 15.9 Å². The molecule has 4 unspecified atom stereocenters. The minimum atomic E-state index is -0.168. The number of hydrogen-bond acceptors (Lipinski definition) is 2. The summed E-state index contributed by atoms with van der Waals surface area (Å²) in [4.78, 5) is 2.58. The van der Waals surface area contributed by atoms with Crippen LogP contribution in [-0.2, 0) is 23.7 Å². The Bertz CT molecular complexity index is 1620. The van der Waals surface area contributed by atoms with Gasteiger partial charge in [-0.1, -0.05) is 114 Å². The van der Waals surface area contributed by atoms with Crippen molar-refractivity contribution in [3.05, 3.63) is 142 Å². The largest absolute Gasteiger partial charge is 0.316 e. The fraction of sp³-hybridized carbons (Fsp3) is 0.429. The lowest BCUT2D eigenvalue weighted by atomic mass is 9.91. The van der Waals surface area contributed by atoms with Crippen LogP contribution in [0.25, 0.3) is 0 Å². The van der Waals surface area contributed by atoms with Gasteiger partial charge in [-0.25, -0.2) is 8.78 Å². The van der Waals surface area contributed by atoms with Gasteiger partial charge in [0.1, 0.15) is 11.6 Å². The number of aryl methyl sites for hydroxylation is 3. The monoisotopic (exact) mass is 700 g/mol. The molecular formula is C42H51BrF2N2. The van der Waals surface area contributed by atoms with Crippen LogP contribution in [0, 0.1) is 49.2 Å². The van der Waals surface area contributed by atoms with Gasteiger partial charge in [0, 0.05) is 37.2 Å². The van der Waals surface area contributed by atoms with Gasteiger partial charge in [-0.3, -0.25) is 0 Å². The number of hydrogen-bond donors (Lipinski definition) is 1. The van der Waals surface area contributed by atoms with Crippen molar-refractivity contribution in [1.29, 1.82) is 0 Å². The lowest BCUT2D eigenvalue weighted by Gasteiger charge is -2.24. The normalized spacial score (nSPS) is 28.3. The van der Waals surface area contributed by atoms with Gasteiger partial charge >= 0.3 is 0 Å². The Hall–Kier alpha value is -2.86. The van der Waals surface area contributed by atoms with Crippen molar-refractivity contribution in [1.82, 2.24) is 10.2 Å². The van der Waals surface area contributed by atoms with E-state index >= 15 is 0 Å². The zero-order valence-electron chi connectivity index (χ0n) is 28.3. The van der Waals surface area contributed by atoms with E-state index in [1.54, 1.807) is 29.8 Å². The van der Waals surface area contributed by atoms with Crippen molar-refractivity contribution < 1.29 is 10.2 Å². The van der Waals surface area contributed by atoms with Crippen molar-refractivity contribution in [2.75, 3.05) is 38.1 Å². The van der Waals surface area contributed by atoms with Crippen LogP contribution >= 0.6 is 15.9 Å². The van der Waals surface area contributed by atoms with Gasteiger partial charge in [-0.15, -0.1) is 0 Å². The van der Waals surface area contributed by atoms with Gasteiger partial charge < -0.3 is 10.2 Å². The Labute approximate surface area is 290 Å². The molecule has 0 bridgehead atoms. The van der Waals surface area contributed by atoms with E-state index in [0.717, 1.165) is 48.4 Å². The summed E-state index contributed by atoms with van der Waals surface area (Å²) in [6.45, 7) is 15.2. The Balaban J connectivity index is 0.000000154. The number of rotatable bonds is 7. The summed E-state index contributed by atoms with van der Waals surface area (Å²) in [5.41, 5.74) is 9.09. The number of piperidine rings is 2. The minimum Gasteiger partial charge on any atom is -0.316 e. The van der Waals surface area contributed by atoms with E-state index in [0.29, 0.717) is 10.8 Å². The molecule has 8 rings (SSSR count). The van der Waals surface area contributed by atoms with Gasteiger partial charge in [0.05, 0.1) is 0 Å². The second-order valence-corrected chi connectivity index (χ2v) is 15.4. The first kappa shape index (κ1) is 34.0. The van der Waals surface area contributed by atoms with E-state index in [-0.39, 0.29) is 13.1 Å². The molecule has 4 aliphatic rings. The van der Waals surface area contributed by atoms with Crippen LogP contribution in [0.3, 0.4) is 0 Å². The third-order valence-corrected chi connectivity index (χ3v) is 12.1. The van der Waals surface area contributed by atoms with Crippen LogP contribution in [0.5, 0.6) is 0 Å². The molecule has 2 saturated heterocycles. The highest BCUT2D eigenvalue weighted by atomic mass is 79.9. The van der Waals surface area contributed by atoms with E-state index in [9.17, 15) is 8.78 Å². The highest BCUT2D eigenvalue weighted by Crippen LogP contribution is 2.63. The molecule has 250 valence electrons. The summed E-state index contributed by atoms with van der Waals surface area (Å²) in [5.74, 6) is 3.08. The van der Waals surface area contributed by atoms with Gasteiger partial charge in [0.25, 0.3) is 0 Å². The SMILES string of the molecule is Cc1cccc(C2(C)C3CN(CCc4ccc(F)cc4)CC32)c1.Cc1cccc(C2(C)C3CNCC32)c1.Fc1ccc(CCBr)cc1.[HH]. The zero-order valence-corrected chi connectivity index (χ0v) is 29.9. The van der Waals surface area contributed by atoms with E-state index in [1.165, 1.54) is 66.1 Å². The second-order valence-electron chi connectivity index (χ2n) is 14.6. The maximum atomic E-state index is 12.9. The molecule has 0 spiro atoms. The van der Waals surface area contributed by atoms with Gasteiger partial charge in [-0.05, 0) is 110 Å². The number of nitrogens with zero attached hydrogens (tertiary/aromatic N) is 1. The first-order valence-corrected chi connectivity index (χ1v) is 18.4. The van der Waals surface area contributed by atoms with Crippen LogP contribution in [0.4, 0.5) is 8.78 Å². The van der Waals surface area contributed by atoms with Gasteiger partial charge in [-0.2, -0.15) is 0 Å². The first-order valence-electron chi connectivity index (χ1n) is 17.2. The number of halogens is 3. The quantitative estimate of drug-likeness (QED) is 0.193. The van der Waals surface area contributed by atoms with Gasteiger partial charge in [0.2, 0.25) is 0 Å². The smallest absolute Gasteiger partial charge is 0.123 e. The van der Waals surface area contributed by atoms with Crippen LogP contribution in [-0.4, -0.2) is 43.0 Å².